The minimum atomic E-state index is -0.204. The zero-order valence-corrected chi connectivity index (χ0v) is 39.1. The van der Waals surface area contributed by atoms with Crippen LogP contribution in [-0.4, -0.2) is 58.8 Å². The topological polar surface area (TPSA) is 105 Å². The summed E-state index contributed by atoms with van der Waals surface area (Å²) in [5.74, 6) is 2.53. The molecule has 6 fully saturated rings. The van der Waals surface area contributed by atoms with E-state index in [9.17, 15) is 19.2 Å². The molecule has 0 unspecified atom stereocenters. The average Bonchev–Trinajstić information content (AvgIpc) is 3.65. The number of rotatable bonds is 9. The van der Waals surface area contributed by atoms with Crippen molar-refractivity contribution in [3.05, 3.63) is 23.3 Å². The van der Waals surface area contributed by atoms with Gasteiger partial charge in [-0.05, 0) is 132 Å². The van der Waals surface area contributed by atoms with E-state index in [0.717, 1.165) is 89.9 Å². The van der Waals surface area contributed by atoms with E-state index in [-0.39, 0.29) is 80.5 Å². The third-order valence-corrected chi connectivity index (χ3v) is 25.2. The minimum Gasteiger partial charge on any atom is -0.462 e. The normalized spacial score (nSPS) is 46.3. The molecule has 8 aliphatic carbocycles. The van der Waals surface area contributed by atoms with Gasteiger partial charge in [0.15, 0.2) is 0 Å². The molecule has 0 spiro atoms. The van der Waals surface area contributed by atoms with Crippen LogP contribution in [-0.2, 0) is 38.1 Å². The van der Waals surface area contributed by atoms with E-state index >= 15 is 0 Å². The van der Waals surface area contributed by atoms with Crippen LogP contribution in [0.4, 0.5) is 0 Å². The van der Waals surface area contributed by atoms with Crippen LogP contribution in [0, 0.1) is 57.2 Å². The molecule has 12 heteroatoms. The third kappa shape index (κ3) is 7.45. The number of allylic oxidation sites excluding steroid dienone is 2. The Hall–Kier alpha value is -1.24. The second-order valence-corrected chi connectivity index (χ2v) is 26.6. The largest absolute Gasteiger partial charge is 0.462 e. The Balaban J connectivity index is 1.00. The Kier molecular flexibility index (Phi) is 12.3. The average molecular weight is 875 g/mol. The van der Waals surface area contributed by atoms with Crippen molar-refractivity contribution in [1.82, 2.24) is 0 Å². The van der Waals surface area contributed by atoms with E-state index in [4.69, 9.17) is 18.9 Å². The highest BCUT2D eigenvalue weighted by Crippen LogP contribution is 2.70. The molecule has 0 radical (unpaired) electrons. The molecule has 0 aromatic carbocycles. The van der Waals surface area contributed by atoms with Crippen LogP contribution in [0.5, 0.6) is 0 Å². The van der Waals surface area contributed by atoms with E-state index in [1.165, 1.54) is 25.0 Å². The van der Waals surface area contributed by atoms with Gasteiger partial charge in [0, 0.05) is 72.7 Å². The maximum Gasteiger partial charge on any atom is 0.302 e. The molecular weight excluding hydrogens is 809 g/mol. The van der Waals surface area contributed by atoms with Crippen molar-refractivity contribution in [1.29, 1.82) is 0 Å². The first kappa shape index (κ1) is 43.4. The molecule has 16 atom stereocenters. The minimum absolute atomic E-state index is 0.00690. The van der Waals surface area contributed by atoms with Gasteiger partial charge in [0.2, 0.25) is 0 Å². The van der Waals surface area contributed by atoms with Crippen molar-refractivity contribution < 1.29 is 38.1 Å². The van der Waals surface area contributed by atoms with Gasteiger partial charge in [0.1, 0.15) is 24.4 Å². The Morgan fingerprint density at radius 2 is 0.914 bits per heavy atom. The van der Waals surface area contributed by atoms with Crippen LogP contribution in [0.25, 0.3) is 0 Å². The number of fused-ring (bicyclic) bond motifs is 10. The lowest BCUT2D eigenvalue weighted by Crippen LogP contribution is -2.55. The third-order valence-electron chi connectivity index (χ3n) is 17.7. The number of hydrogen-bond acceptors (Lipinski definition) is 12. The van der Waals surface area contributed by atoms with Crippen LogP contribution in [0.3, 0.4) is 0 Å². The summed E-state index contributed by atoms with van der Waals surface area (Å²) in [4.78, 5) is 48.8. The van der Waals surface area contributed by atoms with Crippen molar-refractivity contribution >= 4 is 65.1 Å². The lowest BCUT2D eigenvalue weighted by Gasteiger charge is -2.60. The molecule has 58 heavy (non-hydrogen) atoms. The first-order chi connectivity index (χ1) is 27.5. The molecule has 0 bridgehead atoms. The second-order valence-electron chi connectivity index (χ2n) is 20.3. The predicted molar refractivity (Wildman–Crippen MR) is 234 cm³/mol. The zero-order chi connectivity index (χ0) is 41.4. The highest BCUT2D eigenvalue weighted by atomic mass is 33.7. The van der Waals surface area contributed by atoms with Crippen LogP contribution in [0.2, 0.25) is 0 Å². The van der Waals surface area contributed by atoms with E-state index in [1.807, 2.05) is 41.2 Å². The standard InChI is InChI=1S/C46H66O8S4/c1-25(47)51-31-21-29-9-11-33-35-13-15-39(53-27(3)49)43(35,5)19-17-37(33)45(29,7)41(23-31)55-57-58-56-42-24-32(52-26(2)48)22-30-10-12-34-36-14-16-40(54-28(4)50)44(36,6)20-18-38(34)46(30,42)8/h9-10,31-42H,11-24H2,1-8H3/t31-,32-,33-,34-,35-,36-,37-,38-,39-,40-,41-,42-,43-,44-,45-,46-/m0/s1. The summed E-state index contributed by atoms with van der Waals surface area (Å²) >= 11 is 0. The highest BCUT2D eigenvalue weighted by molar-refractivity contribution is 9.26. The number of ether oxygens (including phenoxy) is 4. The molecule has 0 saturated heterocycles. The van der Waals surface area contributed by atoms with Gasteiger partial charge in [-0.1, -0.05) is 72.6 Å². The van der Waals surface area contributed by atoms with Crippen LogP contribution >= 0.6 is 41.2 Å². The molecule has 6 saturated carbocycles. The van der Waals surface area contributed by atoms with E-state index in [1.54, 1.807) is 13.8 Å². The van der Waals surface area contributed by atoms with Crippen LogP contribution in [0.1, 0.15) is 145 Å². The maximum atomic E-state index is 12.3. The molecule has 0 heterocycles. The van der Waals surface area contributed by atoms with Gasteiger partial charge in [0.05, 0.1) is 0 Å². The molecule has 0 aliphatic heterocycles. The summed E-state index contributed by atoms with van der Waals surface area (Å²) in [5, 5.41) is 0.568. The summed E-state index contributed by atoms with van der Waals surface area (Å²) in [6.07, 6.45) is 18.8. The molecule has 0 aromatic heterocycles. The fraction of sp³-hybridized carbons (Fsp3) is 0.826. The van der Waals surface area contributed by atoms with Crippen molar-refractivity contribution in [3.63, 3.8) is 0 Å². The fourth-order valence-electron chi connectivity index (χ4n) is 15.1. The number of carbonyl (C=O) groups is 4. The summed E-state index contributed by atoms with van der Waals surface area (Å²) in [6.45, 7) is 16.0. The van der Waals surface area contributed by atoms with Gasteiger partial charge in [-0.15, -0.1) is 0 Å². The highest BCUT2D eigenvalue weighted by Gasteiger charge is 2.64. The van der Waals surface area contributed by atoms with Crippen molar-refractivity contribution in [3.8, 4) is 0 Å². The number of esters is 4. The van der Waals surface area contributed by atoms with Crippen molar-refractivity contribution in [2.75, 3.05) is 0 Å². The smallest absolute Gasteiger partial charge is 0.302 e. The Labute approximate surface area is 362 Å². The lowest BCUT2D eigenvalue weighted by molar-refractivity contribution is -0.158. The molecule has 0 N–H and O–H groups in total. The quantitative estimate of drug-likeness (QED) is 0.0724. The Bertz CT molecular complexity index is 1590. The molecule has 8 aliphatic rings. The second kappa shape index (κ2) is 16.5. The predicted octanol–water partition coefficient (Wildman–Crippen LogP) is 11.3. The van der Waals surface area contributed by atoms with Gasteiger partial charge in [-0.3, -0.25) is 19.2 Å². The Morgan fingerprint density at radius 1 is 0.534 bits per heavy atom. The van der Waals surface area contributed by atoms with Gasteiger partial charge in [-0.2, -0.15) is 0 Å². The summed E-state index contributed by atoms with van der Waals surface area (Å²) < 4.78 is 23.9. The van der Waals surface area contributed by atoms with Crippen LogP contribution in [0.15, 0.2) is 23.3 Å². The van der Waals surface area contributed by atoms with Gasteiger partial charge < -0.3 is 18.9 Å². The molecular formula is C46H66O8S4. The number of hydrogen-bond donors (Lipinski definition) is 0. The summed E-state index contributed by atoms with van der Waals surface area (Å²) in [7, 11) is 7.76. The van der Waals surface area contributed by atoms with Gasteiger partial charge >= 0.3 is 23.9 Å². The van der Waals surface area contributed by atoms with E-state index in [0.29, 0.717) is 35.5 Å². The maximum absolute atomic E-state index is 12.3. The van der Waals surface area contributed by atoms with Gasteiger partial charge in [-0.25, -0.2) is 0 Å². The summed E-state index contributed by atoms with van der Waals surface area (Å²) in [6, 6.07) is 0. The Morgan fingerprint density at radius 3 is 1.28 bits per heavy atom. The molecule has 0 aromatic rings. The molecule has 0 amide bonds. The monoisotopic (exact) mass is 874 g/mol. The van der Waals surface area contributed by atoms with Gasteiger partial charge in [0.25, 0.3) is 0 Å². The van der Waals surface area contributed by atoms with Crippen molar-refractivity contribution in [2.24, 2.45) is 57.2 Å². The van der Waals surface area contributed by atoms with E-state index < -0.39 is 0 Å². The zero-order valence-electron chi connectivity index (χ0n) is 35.9. The molecule has 8 nitrogen and oxygen atoms in total. The summed E-state index contributed by atoms with van der Waals surface area (Å²) in [5.41, 5.74) is 2.98. The molecule has 322 valence electrons. The first-order valence-electron chi connectivity index (χ1n) is 22.2. The van der Waals surface area contributed by atoms with Crippen molar-refractivity contribution in [2.45, 2.75) is 180 Å². The first-order valence-corrected chi connectivity index (χ1v) is 27.2. The SMILES string of the molecule is CC(=O)O[C@H]1CC2=CC[C@H]3[C@@H]4CC[C@H](OC(C)=O)[C@@]4(C)CC[C@@H]3[C@@]2(C)[C@@H](SSSS[C@H]2C[C@@H](OC(C)=O)CC3=CC[C@H]4[C@@H]5CC[C@H](OC(C)=O)[C@@]5(C)CC[C@@H]4[C@]32C)C1. The number of carbonyl (C=O) groups excluding carboxylic acids is 4. The van der Waals surface area contributed by atoms with E-state index in [2.05, 4.69) is 39.8 Å². The van der Waals surface area contributed by atoms with Crippen LogP contribution < -0.4 is 0 Å². The molecule has 8 rings (SSSR count). The fourth-order valence-corrected chi connectivity index (χ4v) is 23.4. The lowest BCUT2D eigenvalue weighted by atomic mass is 9.47.